The molecule has 0 saturated heterocycles. The van der Waals surface area contributed by atoms with Crippen molar-refractivity contribution in [1.29, 1.82) is 0 Å². The number of nitrogens with one attached hydrogen (secondary N) is 3. The molecule has 0 amide bonds. The molecule has 0 rings (SSSR count). The maximum Gasteiger partial charge on any atom is 2.00 e. The van der Waals surface area contributed by atoms with E-state index in [1.807, 2.05) is 0 Å². The first-order valence-corrected chi connectivity index (χ1v) is 12.1. The van der Waals surface area contributed by atoms with E-state index in [4.69, 9.17) is 61.3 Å². The van der Waals surface area contributed by atoms with E-state index in [1.54, 1.807) is 21.1 Å². The molecule has 0 bridgehead atoms. The molecule has 0 aliphatic rings. The quantitative estimate of drug-likeness (QED) is 0.0628. The number of rotatable bonds is 18. The Morgan fingerprint density at radius 3 is 0.625 bits per heavy atom. The summed E-state index contributed by atoms with van der Waals surface area (Å²) < 4.78 is 0. The molecule has 19 heteroatoms. The monoisotopic (exact) mass is 625 g/mol. The first-order valence-electron chi connectivity index (χ1n) is 12.1. The van der Waals surface area contributed by atoms with Gasteiger partial charge in [-0.05, 0) is 21.1 Å². The van der Waals surface area contributed by atoms with Crippen LogP contribution in [0.1, 0.15) is 0 Å². The van der Waals surface area contributed by atoms with Gasteiger partial charge in [-0.1, -0.05) is 0 Å². The normalized spacial score (nSPS) is 20.2. The molecule has 18 N–H and O–H groups in total. The van der Waals surface area contributed by atoms with Crippen molar-refractivity contribution in [3.63, 3.8) is 0 Å². The van der Waals surface area contributed by atoms with Crippen LogP contribution in [0.4, 0.5) is 0 Å². The molecule has 0 aromatic rings. The number of aliphatic hydroxyl groups excluding tert-OH is 15. The average molecular weight is 626 g/mol. The molecular weight excluding hydrogens is 574 g/mol. The van der Waals surface area contributed by atoms with Crippen molar-refractivity contribution in [2.75, 3.05) is 60.6 Å². The fourth-order valence-electron chi connectivity index (χ4n) is 2.68. The van der Waals surface area contributed by atoms with Gasteiger partial charge in [-0.3, -0.25) is 0 Å². The van der Waals surface area contributed by atoms with Gasteiger partial charge in [0, 0.05) is 19.6 Å². The molecule has 0 aliphatic heterocycles. The van der Waals surface area contributed by atoms with Gasteiger partial charge in [-0.2, -0.15) is 0 Å². The van der Waals surface area contributed by atoms with Crippen LogP contribution in [-0.2, 0) is 0 Å². The summed E-state index contributed by atoms with van der Waals surface area (Å²) in [6.45, 7) is -1.71. The molecule has 12 atom stereocenters. The molecule has 0 saturated carbocycles. The molecule has 0 fully saturated rings. The fraction of sp³-hybridized carbons (Fsp3) is 1.00. The number of likely N-dealkylation sites (N-methyl/N-ethyl adjacent to an activating group) is 3. The van der Waals surface area contributed by atoms with Crippen molar-refractivity contribution in [1.82, 2.24) is 16.0 Å². The van der Waals surface area contributed by atoms with Gasteiger partial charge in [0.1, 0.15) is 54.9 Å². The summed E-state index contributed by atoms with van der Waals surface area (Å²) in [7, 11) is 4.72. The van der Waals surface area contributed by atoms with Crippen molar-refractivity contribution in [2.45, 2.75) is 73.2 Å². The van der Waals surface area contributed by atoms with Gasteiger partial charge in [0.05, 0.1) is 38.1 Å². The molecular formula is C21H51CaN3O15+2. The second kappa shape index (κ2) is 28.3. The Labute approximate surface area is 263 Å². The van der Waals surface area contributed by atoms with Crippen LogP contribution < -0.4 is 16.0 Å². The molecule has 0 unspecified atom stereocenters. The van der Waals surface area contributed by atoms with Gasteiger partial charge in [0.25, 0.3) is 0 Å². The topological polar surface area (TPSA) is 340 Å². The van der Waals surface area contributed by atoms with E-state index in [0.717, 1.165) is 0 Å². The second-order valence-corrected chi connectivity index (χ2v) is 8.57. The smallest absolute Gasteiger partial charge is 0.394 e. The Kier molecular flexibility index (Phi) is 33.6. The van der Waals surface area contributed by atoms with Crippen LogP contribution in [0.15, 0.2) is 0 Å². The SMILES string of the molecule is CNC[C@H](O)[C@@H](O)[C@H](O)[C@H](O)CO.CNC[C@H](O)[C@@H](O)[C@H](O)[C@H](O)CO.CNC[C@H](O)[C@@H](O)[C@H](O)[C@H](O)CO.[Ca+2]. The zero-order valence-corrected chi connectivity index (χ0v) is 25.3. The van der Waals surface area contributed by atoms with Crippen LogP contribution in [0.2, 0.25) is 0 Å². The van der Waals surface area contributed by atoms with E-state index < -0.39 is 93.1 Å². The molecule has 18 nitrogen and oxygen atoms in total. The molecule has 0 radical (unpaired) electrons. The number of hydrogen-bond acceptors (Lipinski definition) is 18. The van der Waals surface area contributed by atoms with Crippen molar-refractivity contribution in [3.05, 3.63) is 0 Å². The van der Waals surface area contributed by atoms with Crippen LogP contribution in [0.3, 0.4) is 0 Å². The third kappa shape index (κ3) is 20.4. The van der Waals surface area contributed by atoms with E-state index in [9.17, 15) is 15.3 Å². The van der Waals surface area contributed by atoms with Crippen LogP contribution in [-0.4, -0.2) is 248 Å². The molecule has 0 aromatic heterocycles. The summed E-state index contributed by atoms with van der Waals surface area (Å²) in [4.78, 5) is 0. The second-order valence-electron chi connectivity index (χ2n) is 8.57. The minimum atomic E-state index is -1.55. The van der Waals surface area contributed by atoms with E-state index in [2.05, 4.69) is 16.0 Å². The Morgan fingerprint density at radius 2 is 0.500 bits per heavy atom. The average Bonchev–Trinajstić information content (AvgIpc) is 2.94. The summed E-state index contributed by atoms with van der Waals surface area (Å²) in [5, 5.41) is 142. The number of aliphatic hydroxyl groups is 15. The van der Waals surface area contributed by atoms with Crippen LogP contribution in [0, 0.1) is 0 Å². The number of hydrogen-bond donors (Lipinski definition) is 18. The van der Waals surface area contributed by atoms with Crippen molar-refractivity contribution >= 4 is 37.7 Å². The summed E-state index contributed by atoms with van der Waals surface area (Å²) in [6, 6.07) is 0. The van der Waals surface area contributed by atoms with E-state index in [1.165, 1.54) is 0 Å². The van der Waals surface area contributed by atoms with Crippen LogP contribution >= 0.6 is 0 Å². The third-order valence-corrected chi connectivity index (χ3v) is 5.22. The standard InChI is InChI=1S/3C7H17NO5.Ca/c3*1-8-2-4(10)6(12)7(13)5(11)3-9;/h3*4-13H,2-3H2,1H3;/q;;;+2/t3*4-,5+,6+,7+;/m000./s1. The van der Waals surface area contributed by atoms with Gasteiger partial charge >= 0.3 is 37.7 Å². The molecule has 240 valence electrons. The Bertz CT molecular complexity index is 480. The van der Waals surface area contributed by atoms with Gasteiger partial charge in [0.2, 0.25) is 0 Å². The van der Waals surface area contributed by atoms with E-state index >= 15 is 0 Å². The molecule has 0 spiro atoms. The predicted molar refractivity (Wildman–Crippen MR) is 141 cm³/mol. The van der Waals surface area contributed by atoms with Gasteiger partial charge in [0.15, 0.2) is 0 Å². The first kappa shape index (κ1) is 47.5. The molecule has 0 aliphatic carbocycles. The van der Waals surface area contributed by atoms with Gasteiger partial charge in [-0.15, -0.1) is 0 Å². The molecule has 0 aromatic carbocycles. The Balaban J connectivity index is -0.000000240. The zero-order valence-electron chi connectivity index (χ0n) is 23.1. The summed E-state index contributed by atoms with van der Waals surface area (Å²) in [5.41, 5.74) is 0. The summed E-state index contributed by atoms with van der Waals surface area (Å²) >= 11 is 0. The zero-order chi connectivity index (χ0) is 31.3. The fourth-order valence-corrected chi connectivity index (χ4v) is 2.68. The van der Waals surface area contributed by atoms with Crippen LogP contribution in [0.5, 0.6) is 0 Å². The molecule has 0 heterocycles. The first-order chi connectivity index (χ1) is 18.1. The maximum atomic E-state index is 9.21. The van der Waals surface area contributed by atoms with Crippen molar-refractivity contribution in [3.8, 4) is 0 Å². The van der Waals surface area contributed by atoms with E-state index in [-0.39, 0.29) is 57.4 Å². The van der Waals surface area contributed by atoms with Gasteiger partial charge in [-0.25, -0.2) is 0 Å². The van der Waals surface area contributed by atoms with Crippen molar-refractivity contribution in [2.24, 2.45) is 0 Å². The van der Waals surface area contributed by atoms with E-state index in [0.29, 0.717) is 0 Å². The minimum absolute atomic E-state index is 0. The summed E-state index contributed by atoms with van der Waals surface area (Å²) in [6.07, 6.45) is -16.9. The third-order valence-electron chi connectivity index (χ3n) is 5.22. The van der Waals surface area contributed by atoms with Crippen molar-refractivity contribution < 1.29 is 76.6 Å². The largest absolute Gasteiger partial charge is 2.00 e. The molecule has 40 heavy (non-hydrogen) atoms. The minimum Gasteiger partial charge on any atom is -0.394 e. The van der Waals surface area contributed by atoms with Crippen LogP contribution in [0.25, 0.3) is 0 Å². The maximum absolute atomic E-state index is 9.21. The predicted octanol–water partition coefficient (Wildman–Crippen LogP) is -10.5. The Morgan fingerprint density at radius 1 is 0.350 bits per heavy atom. The Hall–Kier alpha value is 0.540. The summed E-state index contributed by atoms with van der Waals surface area (Å²) in [5.74, 6) is 0. The van der Waals surface area contributed by atoms with Gasteiger partial charge < -0.3 is 92.5 Å².